The topological polar surface area (TPSA) is 12.5 Å². The molecule has 0 N–H and O–H groups in total. The molecule has 0 amide bonds. The van der Waals surface area contributed by atoms with E-state index in [4.69, 9.17) is 16.3 Å². The number of rotatable bonds is 0. The molecule has 2 nitrogen and oxygen atoms in total. The molecule has 0 saturated carbocycles. The Labute approximate surface area is 98.8 Å². The molecule has 0 aromatic rings. The van der Waals surface area contributed by atoms with Gasteiger partial charge in [0.2, 0.25) is 6.42 Å². The van der Waals surface area contributed by atoms with E-state index in [1.807, 2.05) is 6.66 Å². The van der Waals surface area contributed by atoms with Crippen molar-refractivity contribution in [2.24, 2.45) is 5.41 Å². The molecule has 88 valence electrons. The molecule has 1 heterocycles. The lowest BCUT2D eigenvalue weighted by molar-refractivity contribution is 0.317. The largest absolute Gasteiger partial charge is 0.451 e. The van der Waals surface area contributed by atoms with Crippen molar-refractivity contribution < 1.29 is 4.52 Å². The number of hydrogen-bond donors (Lipinski definition) is 0. The van der Waals surface area contributed by atoms with Crippen molar-refractivity contribution in [2.45, 2.75) is 47.1 Å². The molecular weight excluding hydrogens is 225 g/mol. The maximum atomic E-state index is 5.97. The van der Waals surface area contributed by atoms with E-state index in [2.05, 4.69) is 52.4 Å². The summed E-state index contributed by atoms with van der Waals surface area (Å²) in [5, 5.41) is 0. The van der Waals surface area contributed by atoms with Crippen LogP contribution in [0.3, 0.4) is 0 Å². The Morgan fingerprint density at radius 1 is 1.20 bits per heavy atom. The van der Waals surface area contributed by atoms with Crippen LogP contribution in [0.15, 0.2) is 12.0 Å². The van der Waals surface area contributed by atoms with E-state index in [0.29, 0.717) is 0 Å². The summed E-state index contributed by atoms with van der Waals surface area (Å²) in [6.45, 7) is 15.0. The van der Waals surface area contributed by atoms with E-state index in [1.165, 1.54) is 0 Å². The Morgan fingerprint density at radius 3 is 1.87 bits per heavy atom. The lowest BCUT2D eigenvalue weighted by Crippen LogP contribution is -2.32. The van der Waals surface area contributed by atoms with Crippen molar-refractivity contribution in [3.63, 3.8) is 0 Å². The van der Waals surface area contributed by atoms with Gasteiger partial charge in [0, 0.05) is 23.8 Å². The first-order chi connectivity index (χ1) is 6.44. The summed E-state index contributed by atoms with van der Waals surface area (Å²) in [4.78, 5) is 0. The Kier molecular flexibility index (Phi) is 3.04. The lowest BCUT2D eigenvalue weighted by atomic mass is 9.94. The molecule has 0 fully saturated rings. The Balaban J connectivity index is 3.09. The molecule has 4 heteroatoms. The minimum absolute atomic E-state index is 0.0390. The van der Waals surface area contributed by atoms with Gasteiger partial charge in [-0.1, -0.05) is 20.8 Å². The van der Waals surface area contributed by atoms with E-state index in [9.17, 15) is 0 Å². The summed E-state index contributed by atoms with van der Waals surface area (Å²) in [6, 6.07) is 0. The Hall–Kier alpha value is -0.0100. The molecule has 0 aromatic heterocycles. The minimum Gasteiger partial charge on any atom is -0.451 e. The first-order valence-electron chi connectivity index (χ1n) is 5.24. The highest BCUT2D eigenvalue weighted by Crippen LogP contribution is 2.60. The van der Waals surface area contributed by atoms with Crippen LogP contribution in [-0.4, -0.2) is 16.9 Å². The van der Waals surface area contributed by atoms with Crippen LogP contribution in [0.25, 0.3) is 0 Å². The predicted molar refractivity (Wildman–Crippen MR) is 70.4 cm³/mol. The third-order valence-corrected chi connectivity index (χ3v) is 5.11. The fourth-order valence-electron chi connectivity index (χ4n) is 1.54. The van der Waals surface area contributed by atoms with Crippen LogP contribution < -0.4 is 0 Å². The first-order valence-corrected chi connectivity index (χ1v) is 8.36. The molecule has 0 aliphatic carbocycles. The molecule has 0 bridgehead atoms. The van der Waals surface area contributed by atoms with Crippen molar-refractivity contribution in [3.8, 4) is 0 Å². The molecule has 0 aromatic carbocycles. The first kappa shape index (κ1) is 13.1. The highest BCUT2D eigenvalue weighted by molar-refractivity contribution is 8.10. The second-order valence-electron chi connectivity index (χ2n) is 6.15. The molecule has 0 spiro atoms. The third-order valence-electron chi connectivity index (χ3n) is 2.33. The van der Waals surface area contributed by atoms with Crippen LogP contribution in [0, 0.1) is 5.41 Å². The quantitative estimate of drug-likeness (QED) is 0.601. The molecule has 0 saturated heterocycles. The van der Waals surface area contributed by atoms with Crippen molar-refractivity contribution in [3.05, 3.63) is 12.0 Å². The van der Waals surface area contributed by atoms with Gasteiger partial charge < -0.3 is 9.19 Å². The van der Waals surface area contributed by atoms with Gasteiger partial charge in [-0.3, -0.25) is 0 Å². The van der Waals surface area contributed by atoms with Crippen LogP contribution in [-0.2, 0) is 16.3 Å². The van der Waals surface area contributed by atoms with Crippen LogP contribution >= 0.6 is 6.42 Å². The van der Waals surface area contributed by atoms with Gasteiger partial charge in [-0.05, 0) is 32.6 Å². The maximum Gasteiger partial charge on any atom is 0.201 e. The van der Waals surface area contributed by atoms with E-state index in [0.717, 1.165) is 5.76 Å². The van der Waals surface area contributed by atoms with Crippen LogP contribution in [0.4, 0.5) is 0 Å². The molecule has 1 rings (SSSR count). The zero-order valence-electron chi connectivity index (χ0n) is 10.8. The number of nitrogens with zero attached hydrogens (tertiary/aromatic N) is 1. The normalized spacial score (nSPS) is 27.7. The summed E-state index contributed by atoms with van der Waals surface area (Å²) in [6.07, 6.45) is 0.258. The van der Waals surface area contributed by atoms with Crippen LogP contribution in [0.1, 0.15) is 41.5 Å². The van der Waals surface area contributed by atoms with Crippen molar-refractivity contribution in [1.29, 1.82) is 0 Å². The average molecular weight is 247 g/mol. The molecule has 1 aliphatic rings. The predicted octanol–water partition coefficient (Wildman–Crippen LogP) is 3.94. The zero-order chi connectivity index (χ0) is 12.1. The zero-order valence-corrected chi connectivity index (χ0v) is 12.5. The maximum absolute atomic E-state index is 5.97. The van der Waals surface area contributed by atoms with Gasteiger partial charge in [0.05, 0.1) is 0 Å². The fraction of sp³-hybridized carbons (Fsp3) is 0.818. The lowest BCUT2D eigenvalue weighted by Gasteiger charge is -2.36. The molecule has 15 heavy (non-hydrogen) atoms. The monoisotopic (exact) mass is 247 g/mol. The highest BCUT2D eigenvalue weighted by Gasteiger charge is 2.39. The van der Waals surface area contributed by atoms with Gasteiger partial charge in [0.25, 0.3) is 0 Å². The second-order valence-corrected chi connectivity index (χ2v) is 10.4. The van der Waals surface area contributed by atoms with Gasteiger partial charge >= 0.3 is 0 Å². The minimum atomic E-state index is -1.85. The molecule has 1 aliphatic heterocycles. The van der Waals surface area contributed by atoms with E-state index in [1.54, 1.807) is 0 Å². The van der Waals surface area contributed by atoms with Gasteiger partial charge in [0.15, 0.2) is 0 Å². The van der Waals surface area contributed by atoms with Crippen molar-refractivity contribution in [1.82, 2.24) is 4.67 Å². The smallest absolute Gasteiger partial charge is 0.201 e. The highest BCUT2D eigenvalue weighted by atomic mass is 32.4. The van der Waals surface area contributed by atoms with E-state index < -0.39 is 6.42 Å². The van der Waals surface area contributed by atoms with Gasteiger partial charge in [-0.15, -0.1) is 0 Å². The second kappa shape index (κ2) is 3.49. The van der Waals surface area contributed by atoms with E-state index >= 15 is 0 Å². The molecular formula is C11H22NOPS. The summed E-state index contributed by atoms with van der Waals surface area (Å²) in [5.74, 6) is 1.02. The summed E-state index contributed by atoms with van der Waals surface area (Å²) >= 11 is 5.59. The van der Waals surface area contributed by atoms with E-state index in [-0.39, 0.29) is 11.0 Å². The summed E-state index contributed by atoms with van der Waals surface area (Å²) < 4.78 is 8.18. The molecule has 1 unspecified atom stereocenters. The summed E-state index contributed by atoms with van der Waals surface area (Å²) in [7, 11) is 0. The Morgan fingerprint density at radius 2 is 1.67 bits per heavy atom. The fourth-order valence-corrected chi connectivity index (χ4v) is 4.83. The number of allylic oxidation sites excluding steroid dienone is 1. The van der Waals surface area contributed by atoms with Gasteiger partial charge in [-0.25, -0.2) is 0 Å². The van der Waals surface area contributed by atoms with Crippen LogP contribution in [0.5, 0.6) is 0 Å². The molecule has 0 radical (unpaired) electrons. The third kappa shape index (κ3) is 2.76. The van der Waals surface area contributed by atoms with Crippen molar-refractivity contribution >= 4 is 18.2 Å². The Bertz CT molecular complexity index is 335. The number of hydrogen-bond acceptors (Lipinski definition) is 2. The summed E-state index contributed by atoms with van der Waals surface area (Å²) in [5.41, 5.74) is 0.0807. The molecule has 1 atom stereocenters. The van der Waals surface area contributed by atoms with Crippen molar-refractivity contribution in [2.75, 3.05) is 6.66 Å². The van der Waals surface area contributed by atoms with Crippen LogP contribution in [0.2, 0.25) is 0 Å². The van der Waals surface area contributed by atoms with Gasteiger partial charge in [-0.2, -0.15) is 0 Å². The standard InChI is InChI=1S/C11H22NOPS/c1-10(2,3)9-8-12(11(4,5)6)14(7,15)13-9/h8H,1-7H3. The van der Waals surface area contributed by atoms with Gasteiger partial charge in [0.1, 0.15) is 5.76 Å². The average Bonchev–Trinajstić information content (AvgIpc) is 2.22. The SMILES string of the molecule is CC(C)(C)C1=CN(C(C)(C)C)P(C)(=S)O1.